The van der Waals surface area contributed by atoms with E-state index in [1.54, 1.807) is 4.90 Å². The van der Waals surface area contributed by atoms with Gasteiger partial charge in [0, 0.05) is 19.5 Å². The van der Waals surface area contributed by atoms with E-state index in [4.69, 9.17) is 0 Å². The van der Waals surface area contributed by atoms with Crippen LogP contribution in [-0.4, -0.2) is 67.3 Å². The summed E-state index contributed by atoms with van der Waals surface area (Å²) in [5.74, 6) is -0.0373. The number of unbranched alkanes of at least 4 members (excludes halogenated alkanes) is 5. The highest BCUT2D eigenvalue weighted by Crippen LogP contribution is 2.08. The maximum atomic E-state index is 12.2. The predicted octanol–water partition coefficient (Wildman–Crippen LogP) is 1.46. The number of hydrogen-bond acceptors (Lipinski definition) is 5. The maximum Gasteiger partial charge on any atom is 0.222 e. The number of nitrogens with zero attached hydrogens (tertiary/aromatic N) is 2. The van der Waals surface area contributed by atoms with Crippen LogP contribution in [0.5, 0.6) is 0 Å². The largest absolute Gasteiger partial charge is 0.334 e. The molecular weight excluding hydrogens is 296 g/mol. The van der Waals surface area contributed by atoms with E-state index in [9.17, 15) is 19.2 Å². The van der Waals surface area contributed by atoms with Crippen molar-refractivity contribution in [3.05, 3.63) is 0 Å². The summed E-state index contributed by atoms with van der Waals surface area (Å²) >= 11 is 0. The van der Waals surface area contributed by atoms with Crippen LogP contribution >= 0.6 is 0 Å². The molecule has 0 aliphatic rings. The molecule has 0 rings (SSSR count). The van der Waals surface area contributed by atoms with Crippen molar-refractivity contribution < 1.29 is 19.2 Å². The number of rotatable bonds is 16. The molecule has 1 amide bonds. The Kier molecular flexibility index (Phi) is 14.3. The highest BCUT2D eigenvalue weighted by molar-refractivity contribution is 5.78. The lowest BCUT2D eigenvalue weighted by Crippen LogP contribution is -2.40. The molecule has 0 aliphatic carbocycles. The number of aldehydes is 3. The minimum absolute atomic E-state index is 0.0373. The molecule has 0 bridgehead atoms. The van der Waals surface area contributed by atoms with E-state index < -0.39 is 0 Å². The third kappa shape index (κ3) is 11.6. The molecule has 0 saturated heterocycles. The van der Waals surface area contributed by atoms with Crippen molar-refractivity contribution in [1.82, 2.24) is 9.80 Å². The van der Waals surface area contributed by atoms with Crippen molar-refractivity contribution in [3.63, 3.8) is 0 Å². The number of hydrogen-bond donors (Lipinski definition) is 0. The second-order valence-electron chi connectivity index (χ2n) is 5.62. The van der Waals surface area contributed by atoms with Gasteiger partial charge in [-0.2, -0.15) is 0 Å². The summed E-state index contributed by atoms with van der Waals surface area (Å²) in [4.78, 5) is 47.2. The van der Waals surface area contributed by atoms with Crippen LogP contribution in [0.2, 0.25) is 0 Å². The minimum Gasteiger partial charge on any atom is -0.334 e. The predicted molar refractivity (Wildman–Crippen MR) is 89.2 cm³/mol. The Morgan fingerprint density at radius 2 is 1.35 bits per heavy atom. The van der Waals surface area contributed by atoms with Gasteiger partial charge >= 0.3 is 0 Å². The van der Waals surface area contributed by atoms with E-state index in [1.165, 1.54) is 24.2 Å². The van der Waals surface area contributed by atoms with Crippen molar-refractivity contribution >= 4 is 24.8 Å². The van der Waals surface area contributed by atoms with Crippen molar-refractivity contribution in [2.45, 2.75) is 51.9 Å². The fourth-order valence-corrected chi connectivity index (χ4v) is 2.35. The van der Waals surface area contributed by atoms with Crippen LogP contribution in [0, 0.1) is 0 Å². The molecule has 0 heterocycles. The molecule has 23 heavy (non-hydrogen) atoms. The highest BCUT2D eigenvalue weighted by atomic mass is 16.2. The Hall–Kier alpha value is -1.56. The van der Waals surface area contributed by atoms with E-state index in [1.807, 2.05) is 0 Å². The Balaban J connectivity index is 4.14. The lowest BCUT2D eigenvalue weighted by molar-refractivity contribution is -0.133. The van der Waals surface area contributed by atoms with Gasteiger partial charge < -0.3 is 19.3 Å². The molecule has 0 unspecified atom stereocenters. The van der Waals surface area contributed by atoms with Crippen LogP contribution in [0.3, 0.4) is 0 Å². The van der Waals surface area contributed by atoms with Gasteiger partial charge in [-0.05, 0) is 6.42 Å². The topological polar surface area (TPSA) is 74.8 Å². The summed E-state index contributed by atoms with van der Waals surface area (Å²) in [7, 11) is 0. The smallest absolute Gasteiger partial charge is 0.222 e. The SMILES string of the molecule is CCCCCCCCC(=O)N(CC=O)CCN(CC=O)CC=O. The summed E-state index contributed by atoms with van der Waals surface area (Å²) in [6, 6.07) is 0. The number of amides is 1. The van der Waals surface area contributed by atoms with Gasteiger partial charge in [-0.3, -0.25) is 9.69 Å². The fraction of sp³-hybridized carbons (Fsp3) is 0.765. The van der Waals surface area contributed by atoms with E-state index >= 15 is 0 Å². The molecule has 0 radical (unpaired) electrons. The van der Waals surface area contributed by atoms with Crippen molar-refractivity contribution in [3.8, 4) is 0 Å². The zero-order valence-electron chi connectivity index (χ0n) is 14.2. The second-order valence-corrected chi connectivity index (χ2v) is 5.62. The first kappa shape index (κ1) is 21.4. The molecule has 0 spiro atoms. The third-order valence-electron chi connectivity index (χ3n) is 3.74. The molecule has 0 aromatic heterocycles. The minimum atomic E-state index is -0.0373. The van der Waals surface area contributed by atoms with Crippen molar-refractivity contribution in [2.24, 2.45) is 0 Å². The van der Waals surface area contributed by atoms with E-state index in [0.29, 0.717) is 25.8 Å². The quantitative estimate of drug-likeness (QED) is 0.317. The van der Waals surface area contributed by atoms with Crippen LogP contribution in [0.4, 0.5) is 0 Å². The summed E-state index contributed by atoms with van der Waals surface area (Å²) in [6.45, 7) is 3.30. The van der Waals surface area contributed by atoms with Gasteiger partial charge in [0.2, 0.25) is 5.91 Å². The average Bonchev–Trinajstić information content (AvgIpc) is 2.54. The molecule has 132 valence electrons. The van der Waals surface area contributed by atoms with Gasteiger partial charge in [-0.25, -0.2) is 0 Å². The molecule has 0 atom stereocenters. The van der Waals surface area contributed by atoms with Crippen LogP contribution in [0.1, 0.15) is 51.9 Å². The van der Waals surface area contributed by atoms with Crippen LogP contribution < -0.4 is 0 Å². The molecular formula is C17H30N2O4. The number of carbonyl (C=O) groups is 4. The van der Waals surface area contributed by atoms with Gasteiger partial charge in [0.25, 0.3) is 0 Å². The highest BCUT2D eigenvalue weighted by Gasteiger charge is 2.14. The lowest BCUT2D eigenvalue weighted by atomic mass is 10.1. The zero-order valence-corrected chi connectivity index (χ0v) is 14.2. The standard InChI is InChI=1S/C17H30N2O4/c1-2-3-4-5-6-7-8-17(23)19(13-16-22)10-9-18(11-14-20)12-15-21/h14-16H,2-13H2,1H3. The van der Waals surface area contributed by atoms with Crippen LogP contribution in [0.15, 0.2) is 0 Å². The first-order chi connectivity index (χ1) is 11.2. The Labute approximate surface area is 139 Å². The molecule has 0 aromatic rings. The summed E-state index contributed by atoms with van der Waals surface area (Å²) in [5, 5.41) is 0. The van der Waals surface area contributed by atoms with E-state index in [2.05, 4.69) is 6.92 Å². The summed E-state index contributed by atoms with van der Waals surface area (Å²) in [5.41, 5.74) is 0. The molecule has 0 aliphatic heterocycles. The maximum absolute atomic E-state index is 12.2. The average molecular weight is 326 g/mol. The van der Waals surface area contributed by atoms with E-state index in [0.717, 1.165) is 31.8 Å². The Morgan fingerprint density at radius 3 is 1.91 bits per heavy atom. The molecule has 0 saturated carbocycles. The zero-order chi connectivity index (χ0) is 17.3. The Morgan fingerprint density at radius 1 is 0.783 bits per heavy atom. The van der Waals surface area contributed by atoms with Gasteiger partial charge in [0.15, 0.2) is 0 Å². The second kappa shape index (κ2) is 15.3. The van der Waals surface area contributed by atoms with Gasteiger partial charge in [-0.15, -0.1) is 0 Å². The molecule has 0 N–H and O–H groups in total. The summed E-state index contributed by atoms with van der Waals surface area (Å²) in [6.07, 6.45) is 9.25. The van der Waals surface area contributed by atoms with Crippen molar-refractivity contribution in [2.75, 3.05) is 32.7 Å². The molecule has 0 aromatic carbocycles. The normalized spacial score (nSPS) is 10.5. The molecule has 0 fully saturated rings. The summed E-state index contributed by atoms with van der Waals surface area (Å²) < 4.78 is 0. The molecule has 6 nitrogen and oxygen atoms in total. The van der Waals surface area contributed by atoms with Gasteiger partial charge in [0.1, 0.15) is 18.9 Å². The fourth-order valence-electron chi connectivity index (χ4n) is 2.35. The number of carbonyl (C=O) groups excluding carboxylic acids is 4. The molecule has 6 heteroatoms. The van der Waals surface area contributed by atoms with E-state index in [-0.39, 0.29) is 25.5 Å². The lowest BCUT2D eigenvalue weighted by Gasteiger charge is -2.24. The van der Waals surface area contributed by atoms with Crippen LogP contribution in [0.25, 0.3) is 0 Å². The van der Waals surface area contributed by atoms with Crippen LogP contribution in [-0.2, 0) is 19.2 Å². The Bertz CT molecular complexity index is 337. The van der Waals surface area contributed by atoms with Crippen molar-refractivity contribution in [1.29, 1.82) is 0 Å². The first-order valence-corrected chi connectivity index (χ1v) is 8.50. The van der Waals surface area contributed by atoms with Gasteiger partial charge in [0.05, 0.1) is 19.6 Å². The third-order valence-corrected chi connectivity index (χ3v) is 3.74. The first-order valence-electron chi connectivity index (χ1n) is 8.50. The van der Waals surface area contributed by atoms with Gasteiger partial charge in [-0.1, -0.05) is 39.0 Å². The monoisotopic (exact) mass is 326 g/mol.